The number of para-hydroxylation sites is 1. The number of carbonyl (C=O) groups is 2. The highest BCUT2D eigenvalue weighted by atomic mass is 16.5. The van der Waals surface area contributed by atoms with Gasteiger partial charge in [-0.1, -0.05) is 42.5 Å². The summed E-state index contributed by atoms with van der Waals surface area (Å²) in [5, 5.41) is 5.76. The molecule has 2 aromatic carbocycles. The Labute approximate surface area is 182 Å². The second-order valence-electron chi connectivity index (χ2n) is 7.04. The lowest BCUT2D eigenvalue weighted by atomic mass is 10.1. The minimum Gasteiger partial charge on any atom is -0.468 e. The van der Waals surface area contributed by atoms with Gasteiger partial charge in [-0.25, -0.2) is 0 Å². The lowest BCUT2D eigenvalue weighted by molar-refractivity contribution is -0.117. The van der Waals surface area contributed by atoms with Crippen LogP contribution in [0.3, 0.4) is 0 Å². The second-order valence-corrected chi connectivity index (χ2v) is 7.04. The Morgan fingerprint density at radius 2 is 1.77 bits per heavy atom. The average Bonchev–Trinajstić information content (AvgIpc) is 3.30. The van der Waals surface area contributed by atoms with Crippen LogP contribution in [0.4, 0.5) is 5.69 Å². The van der Waals surface area contributed by atoms with Crippen LogP contribution in [0.25, 0.3) is 0 Å². The van der Waals surface area contributed by atoms with Gasteiger partial charge >= 0.3 is 0 Å². The predicted molar refractivity (Wildman–Crippen MR) is 119 cm³/mol. The van der Waals surface area contributed by atoms with Gasteiger partial charge in [0.15, 0.2) is 0 Å². The maximum absolute atomic E-state index is 12.7. The molecule has 0 atom stereocenters. The molecule has 0 aliphatic rings. The molecule has 0 aliphatic carbocycles. The van der Waals surface area contributed by atoms with Gasteiger partial charge in [0.1, 0.15) is 5.76 Å². The van der Waals surface area contributed by atoms with Gasteiger partial charge in [-0.3, -0.25) is 14.5 Å². The molecule has 0 spiro atoms. The standard InChI is InChI=1S/C24H27N3O4/c1-30-15-13-27(17-20-10-7-14-31-20)18-23(28)26-22-12-6-5-11-21(22)24(29)25-16-19-8-3-2-4-9-19/h2-12,14H,13,15-18H2,1H3,(H,25,29)(H,26,28). The van der Waals surface area contributed by atoms with Crippen LogP contribution in [0, 0.1) is 0 Å². The Bertz CT molecular complexity index is 958. The van der Waals surface area contributed by atoms with Gasteiger partial charge in [0.2, 0.25) is 5.91 Å². The second kappa shape index (κ2) is 11.7. The fraction of sp³-hybridized carbons (Fsp3) is 0.250. The molecule has 2 N–H and O–H groups in total. The van der Waals surface area contributed by atoms with Gasteiger partial charge in [0, 0.05) is 20.2 Å². The summed E-state index contributed by atoms with van der Waals surface area (Å²) in [5.74, 6) is 0.308. The SMILES string of the molecule is COCCN(CC(=O)Nc1ccccc1C(=O)NCc1ccccc1)Cc1ccco1. The van der Waals surface area contributed by atoms with Gasteiger partial charge in [-0.05, 0) is 29.8 Å². The number of hydrogen-bond acceptors (Lipinski definition) is 5. The van der Waals surface area contributed by atoms with Crippen molar-refractivity contribution in [3.63, 3.8) is 0 Å². The van der Waals surface area contributed by atoms with Crippen molar-refractivity contribution in [2.45, 2.75) is 13.1 Å². The summed E-state index contributed by atoms with van der Waals surface area (Å²) in [5.41, 5.74) is 1.90. The number of rotatable bonds is 11. The molecular weight excluding hydrogens is 394 g/mol. The zero-order valence-corrected chi connectivity index (χ0v) is 17.5. The highest BCUT2D eigenvalue weighted by Gasteiger charge is 2.16. The molecule has 0 aliphatic heterocycles. The third-order valence-corrected chi connectivity index (χ3v) is 4.68. The molecule has 31 heavy (non-hydrogen) atoms. The zero-order chi connectivity index (χ0) is 21.9. The van der Waals surface area contributed by atoms with Crippen molar-refractivity contribution < 1.29 is 18.7 Å². The molecule has 0 bridgehead atoms. The third kappa shape index (κ3) is 7.09. The Morgan fingerprint density at radius 1 is 1.00 bits per heavy atom. The number of nitrogens with one attached hydrogen (secondary N) is 2. The van der Waals surface area contributed by atoms with E-state index in [9.17, 15) is 9.59 Å². The summed E-state index contributed by atoms with van der Waals surface area (Å²) in [7, 11) is 1.62. The first-order valence-electron chi connectivity index (χ1n) is 10.1. The van der Waals surface area contributed by atoms with Crippen LogP contribution in [0.15, 0.2) is 77.4 Å². The van der Waals surface area contributed by atoms with Gasteiger partial charge < -0.3 is 19.8 Å². The number of benzene rings is 2. The largest absolute Gasteiger partial charge is 0.468 e. The number of hydrogen-bond donors (Lipinski definition) is 2. The van der Waals surface area contributed by atoms with Crippen molar-refractivity contribution in [2.75, 3.05) is 32.1 Å². The summed E-state index contributed by atoms with van der Waals surface area (Å²) in [6.45, 7) is 2.11. The van der Waals surface area contributed by atoms with E-state index in [-0.39, 0.29) is 18.4 Å². The van der Waals surface area contributed by atoms with Crippen molar-refractivity contribution >= 4 is 17.5 Å². The van der Waals surface area contributed by atoms with Crippen LogP contribution in [0.2, 0.25) is 0 Å². The maximum atomic E-state index is 12.7. The smallest absolute Gasteiger partial charge is 0.253 e. The molecule has 1 heterocycles. The van der Waals surface area contributed by atoms with Crippen LogP contribution in [0.1, 0.15) is 21.7 Å². The maximum Gasteiger partial charge on any atom is 0.253 e. The molecule has 0 radical (unpaired) electrons. The molecule has 0 saturated carbocycles. The molecule has 0 fully saturated rings. The Hall–Kier alpha value is -3.42. The molecule has 1 aromatic heterocycles. The van der Waals surface area contributed by atoms with Crippen LogP contribution in [0.5, 0.6) is 0 Å². The molecule has 7 heteroatoms. The predicted octanol–water partition coefficient (Wildman–Crippen LogP) is 3.30. The van der Waals surface area contributed by atoms with Crippen molar-refractivity contribution in [3.8, 4) is 0 Å². The fourth-order valence-electron chi connectivity index (χ4n) is 3.11. The number of amides is 2. The molecule has 162 valence electrons. The van der Waals surface area contributed by atoms with Crippen LogP contribution >= 0.6 is 0 Å². The fourth-order valence-corrected chi connectivity index (χ4v) is 3.11. The first-order valence-corrected chi connectivity index (χ1v) is 10.1. The van der Waals surface area contributed by atoms with Crippen molar-refractivity contribution in [1.29, 1.82) is 0 Å². The number of furan rings is 1. The lowest BCUT2D eigenvalue weighted by Crippen LogP contribution is -2.35. The quantitative estimate of drug-likeness (QED) is 0.496. The van der Waals surface area contributed by atoms with Gasteiger partial charge in [-0.15, -0.1) is 0 Å². The Morgan fingerprint density at radius 3 is 2.52 bits per heavy atom. The van der Waals surface area contributed by atoms with E-state index in [4.69, 9.17) is 9.15 Å². The van der Waals surface area contributed by atoms with Crippen LogP contribution in [-0.2, 0) is 22.6 Å². The number of carbonyl (C=O) groups excluding carboxylic acids is 2. The van der Waals surface area contributed by atoms with Crippen molar-refractivity contribution in [1.82, 2.24) is 10.2 Å². The average molecular weight is 421 g/mol. The minimum absolute atomic E-state index is 0.143. The number of ether oxygens (including phenoxy) is 1. The zero-order valence-electron chi connectivity index (χ0n) is 17.5. The first-order chi connectivity index (χ1) is 15.2. The van der Waals surface area contributed by atoms with E-state index < -0.39 is 0 Å². The summed E-state index contributed by atoms with van der Waals surface area (Å²) in [4.78, 5) is 27.3. The summed E-state index contributed by atoms with van der Waals surface area (Å²) in [6, 6.07) is 20.3. The number of nitrogens with zero attached hydrogens (tertiary/aromatic N) is 1. The normalized spacial score (nSPS) is 10.8. The summed E-state index contributed by atoms with van der Waals surface area (Å²) >= 11 is 0. The molecule has 3 rings (SSSR count). The number of anilines is 1. The van der Waals surface area contributed by atoms with E-state index in [0.29, 0.717) is 37.5 Å². The molecule has 7 nitrogen and oxygen atoms in total. The third-order valence-electron chi connectivity index (χ3n) is 4.68. The molecule has 3 aromatic rings. The monoisotopic (exact) mass is 421 g/mol. The summed E-state index contributed by atoms with van der Waals surface area (Å²) < 4.78 is 10.5. The van der Waals surface area contributed by atoms with Gasteiger partial charge in [0.25, 0.3) is 5.91 Å². The first kappa shape index (κ1) is 22.3. The number of methoxy groups -OCH3 is 1. The molecular formula is C24H27N3O4. The van der Waals surface area contributed by atoms with Gasteiger partial charge in [0.05, 0.1) is 37.2 Å². The molecule has 0 saturated heterocycles. The van der Waals surface area contributed by atoms with E-state index in [2.05, 4.69) is 10.6 Å². The van der Waals surface area contributed by atoms with Crippen molar-refractivity contribution in [2.24, 2.45) is 0 Å². The van der Waals surface area contributed by atoms with E-state index in [1.165, 1.54) is 0 Å². The summed E-state index contributed by atoms with van der Waals surface area (Å²) in [6.07, 6.45) is 1.61. The Kier molecular flexibility index (Phi) is 8.39. The van der Waals surface area contributed by atoms with E-state index in [1.807, 2.05) is 47.4 Å². The van der Waals surface area contributed by atoms with E-state index in [1.54, 1.807) is 37.6 Å². The van der Waals surface area contributed by atoms with E-state index >= 15 is 0 Å². The molecule has 0 unspecified atom stereocenters. The lowest BCUT2D eigenvalue weighted by Gasteiger charge is -2.20. The topological polar surface area (TPSA) is 83.8 Å². The minimum atomic E-state index is -0.244. The Balaban J connectivity index is 1.61. The van der Waals surface area contributed by atoms with Gasteiger partial charge in [-0.2, -0.15) is 0 Å². The van der Waals surface area contributed by atoms with Crippen molar-refractivity contribution in [3.05, 3.63) is 89.9 Å². The van der Waals surface area contributed by atoms with E-state index in [0.717, 1.165) is 11.3 Å². The van der Waals surface area contributed by atoms with Crippen LogP contribution in [-0.4, -0.2) is 43.5 Å². The van der Waals surface area contributed by atoms with Crippen LogP contribution < -0.4 is 10.6 Å². The highest BCUT2D eigenvalue weighted by Crippen LogP contribution is 2.16. The highest BCUT2D eigenvalue weighted by molar-refractivity contribution is 6.04. The molecule has 2 amide bonds.